The van der Waals surface area contributed by atoms with Gasteiger partial charge in [0.05, 0.1) is 32.6 Å². The van der Waals surface area contributed by atoms with E-state index in [0.29, 0.717) is 38.7 Å². The molecule has 0 aliphatic rings. The summed E-state index contributed by atoms with van der Waals surface area (Å²) in [5.74, 6) is 0.719. The summed E-state index contributed by atoms with van der Waals surface area (Å²) in [5, 5.41) is 17.4. The standard InChI is InChI=1S/C27H21BrN4O5/c1-3-16(2)36-25-20(28)12-17(13-22(25)32(34)35)15-29-31-26(24-14-18-8-4-7-11-23(18)37-24)30-21-10-6-5-9-19(21)27(31)33/h4-16H,3H2,1-2H3/t16-/m0/s1. The van der Waals surface area contributed by atoms with E-state index in [2.05, 4.69) is 26.0 Å². The van der Waals surface area contributed by atoms with Crippen LogP contribution in [0.1, 0.15) is 25.8 Å². The van der Waals surface area contributed by atoms with Crippen LogP contribution in [0, 0.1) is 10.1 Å². The topological polar surface area (TPSA) is 113 Å². The van der Waals surface area contributed by atoms with E-state index >= 15 is 0 Å². The predicted octanol–water partition coefficient (Wildman–Crippen LogP) is 6.54. The van der Waals surface area contributed by atoms with E-state index < -0.39 is 10.5 Å². The number of ether oxygens (including phenoxy) is 1. The molecule has 0 radical (unpaired) electrons. The molecule has 0 bridgehead atoms. The van der Waals surface area contributed by atoms with Crippen molar-refractivity contribution in [2.75, 3.05) is 0 Å². The fraction of sp³-hybridized carbons (Fsp3) is 0.148. The molecule has 2 heterocycles. The van der Waals surface area contributed by atoms with Crippen LogP contribution in [0.25, 0.3) is 33.5 Å². The Morgan fingerprint density at radius 3 is 2.70 bits per heavy atom. The van der Waals surface area contributed by atoms with Crippen LogP contribution in [-0.4, -0.2) is 26.9 Å². The molecule has 9 nitrogen and oxygen atoms in total. The highest BCUT2D eigenvalue weighted by molar-refractivity contribution is 9.10. The van der Waals surface area contributed by atoms with Gasteiger partial charge in [0.15, 0.2) is 5.76 Å². The average Bonchev–Trinajstić information content (AvgIpc) is 3.33. The Bertz CT molecular complexity index is 1710. The predicted molar refractivity (Wildman–Crippen MR) is 145 cm³/mol. The Morgan fingerprint density at radius 1 is 1.19 bits per heavy atom. The molecule has 0 saturated carbocycles. The van der Waals surface area contributed by atoms with Crippen LogP contribution in [0.15, 0.2) is 85.5 Å². The van der Waals surface area contributed by atoms with E-state index in [1.54, 1.807) is 36.4 Å². The van der Waals surface area contributed by atoms with E-state index in [0.717, 1.165) is 10.1 Å². The number of nitro benzene ring substituents is 1. The second-order valence-electron chi connectivity index (χ2n) is 8.41. The second-order valence-corrected chi connectivity index (χ2v) is 9.26. The van der Waals surface area contributed by atoms with Crippen molar-refractivity contribution < 1.29 is 14.1 Å². The zero-order chi connectivity index (χ0) is 26.1. The van der Waals surface area contributed by atoms with E-state index in [-0.39, 0.29) is 23.4 Å². The SMILES string of the molecule is CC[C@H](C)Oc1c(Br)cc(C=Nn2c(-c3cc4ccccc4o3)nc3ccccc3c2=O)cc1[N+](=O)[O-]. The molecule has 10 heteroatoms. The van der Waals surface area contributed by atoms with Gasteiger partial charge in [0.1, 0.15) is 5.58 Å². The number of aromatic nitrogens is 2. The highest BCUT2D eigenvalue weighted by Gasteiger charge is 2.22. The first-order valence-corrected chi connectivity index (χ1v) is 12.3. The van der Waals surface area contributed by atoms with Gasteiger partial charge in [-0.1, -0.05) is 37.3 Å². The van der Waals surface area contributed by atoms with Gasteiger partial charge in [0.25, 0.3) is 5.56 Å². The van der Waals surface area contributed by atoms with Crippen molar-refractivity contribution >= 4 is 49.7 Å². The van der Waals surface area contributed by atoms with Gasteiger partial charge in [0, 0.05) is 17.0 Å². The molecule has 3 aromatic carbocycles. The maximum absolute atomic E-state index is 13.4. The average molecular weight is 561 g/mol. The molecule has 0 unspecified atom stereocenters. The third-order valence-corrected chi connectivity index (χ3v) is 6.45. The van der Waals surface area contributed by atoms with Crippen LogP contribution in [-0.2, 0) is 0 Å². The summed E-state index contributed by atoms with van der Waals surface area (Å²) in [7, 11) is 0. The first-order chi connectivity index (χ1) is 17.9. The quantitative estimate of drug-likeness (QED) is 0.127. The van der Waals surface area contributed by atoms with Gasteiger partial charge in [-0.2, -0.15) is 9.78 Å². The van der Waals surface area contributed by atoms with Crippen LogP contribution in [0.3, 0.4) is 0 Å². The van der Waals surface area contributed by atoms with Gasteiger partial charge in [-0.25, -0.2) is 4.98 Å². The second kappa shape index (κ2) is 9.98. The van der Waals surface area contributed by atoms with Crippen LogP contribution < -0.4 is 10.3 Å². The minimum Gasteiger partial charge on any atom is -0.483 e. The van der Waals surface area contributed by atoms with Crippen LogP contribution in [0.2, 0.25) is 0 Å². The number of fused-ring (bicyclic) bond motifs is 2. The molecule has 0 aliphatic heterocycles. The van der Waals surface area contributed by atoms with Crippen molar-refractivity contribution in [1.29, 1.82) is 0 Å². The van der Waals surface area contributed by atoms with Gasteiger partial charge in [-0.3, -0.25) is 14.9 Å². The summed E-state index contributed by atoms with van der Waals surface area (Å²) >= 11 is 3.38. The molecule has 0 spiro atoms. The lowest BCUT2D eigenvalue weighted by Gasteiger charge is -2.14. The number of nitro groups is 1. The zero-order valence-electron chi connectivity index (χ0n) is 19.9. The highest BCUT2D eigenvalue weighted by Crippen LogP contribution is 2.37. The smallest absolute Gasteiger partial charge is 0.312 e. The van der Waals surface area contributed by atoms with Crippen molar-refractivity contribution in [3.8, 4) is 17.3 Å². The first kappa shape index (κ1) is 24.4. The van der Waals surface area contributed by atoms with E-state index in [4.69, 9.17) is 9.15 Å². The lowest BCUT2D eigenvalue weighted by atomic mass is 10.2. The normalized spacial score (nSPS) is 12.4. The van der Waals surface area contributed by atoms with E-state index in [1.807, 2.05) is 38.1 Å². The molecule has 37 heavy (non-hydrogen) atoms. The molecule has 1 atom stereocenters. The van der Waals surface area contributed by atoms with Gasteiger partial charge >= 0.3 is 5.69 Å². The number of halogens is 1. The molecule has 186 valence electrons. The third-order valence-electron chi connectivity index (χ3n) is 5.86. The summed E-state index contributed by atoms with van der Waals surface area (Å²) in [6, 6.07) is 19.2. The van der Waals surface area contributed by atoms with Crippen LogP contribution in [0.5, 0.6) is 5.75 Å². The molecule has 0 amide bonds. The number of furan rings is 1. The maximum Gasteiger partial charge on any atom is 0.312 e. The molecule has 5 aromatic rings. The van der Waals surface area contributed by atoms with Crippen molar-refractivity contribution in [2.24, 2.45) is 5.10 Å². The zero-order valence-corrected chi connectivity index (χ0v) is 21.5. The van der Waals surface area contributed by atoms with Crippen LogP contribution in [0.4, 0.5) is 5.69 Å². The van der Waals surface area contributed by atoms with Crippen molar-refractivity contribution in [3.63, 3.8) is 0 Å². The summed E-state index contributed by atoms with van der Waals surface area (Å²) in [5.41, 5.74) is 0.928. The number of rotatable bonds is 7. The largest absolute Gasteiger partial charge is 0.483 e. The van der Waals surface area contributed by atoms with Gasteiger partial charge in [-0.05, 0) is 59.6 Å². The molecule has 0 N–H and O–H groups in total. The lowest BCUT2D eigenvalue weighted by Crippen LogP contribution is -2.20. The number of para-hydroxylation sites is 2. The number of hydrogen-bond donors (Lipinski definition) is 0. The molecule has 0 saturated heterocycles. The lowest BCUT2D eigenvalue weighted by molar-refractivity contribution is -0.386. The van der Waals surface area contributed by atoms with Gasteiger partial charge in [0.2, 0.25) is 11.6 Å². The molecular formula is C27H21BrN4O5. The number of hydrogen-bond acceptors (Lipinski definition) is 7. The third kappa shape index (κ3) is 4.75. The Labute approximate surface area is 219 Å². The van der Waals surface area contributed by atoms with Gasteiger partial charge < -0.3 is 9.15 Å². The van der Waals surface area contributed by atoms with Crippen molar-refractivity contribution in [3.05, 3.63) is 97.2 Å². The monoisotopic (exact) mass is 560 g/mol. The van der Waals surface area contributed by atoms with Crippen molar-refractivity contribution in [2.45, 2.75) is 26.4 Å². The number of benzene rings is 3. The summed E-state index contributed by atoms with van der Waals surface area (Å²) in [4.78, 5) is 29.4. The first-order valence-electron chi connectivity index (χ1n) is 11.6. The highest BCUT2D eigenvalue weighted by atomic mass is 79.9. The maximum atomic E-state index is 13.4. The molecule has 0 fully saturated rings. The molecule has 5 rings (SSSR count). The van der Waals surface area contributed by atoms with Crippen molar-refractivity contribution in [1.82, 2.24) is 9.66 Å². The molecule has 0 aliphatic carbocycles. The number of nitrogens with zero attached hydrogens (tertiary/aromatic N) is 4. The van der Waals surface area contributed by atoms with Gasteiger partial charge in [-0.15, -0.1) is 0 Å². The summed E-state index contributed by atoms with van der Waals surface area (Å²) in [6.45, 7) is 3.77. The Balaban J connectivity index is 1.66. The summed E-state index contributed by atoms with van der Waals surface area (Å²) < 4.78 is 13.3. The van der Waals surface area contributed by atoms with E-state index in [1.165, 1.54) is 12.3 Å². The summed E-state index contributed by atoms with van der Waals surface area (Å²) in [6.07, 6.45) is 1.85. The molecular weight excluding hydrogens is 540 g/mol. The Hall–Kier alpha value is -4.31. The van der Waals surface area contributed by atoms with E-state index in [9.17, 15) is 14.9 Å². The fourth-order valence-electron chi connectivity index (χ4n) is 3.82. The minimum absolute atomic E-state index is 0.143. The Kier molecular flexibility index (Phi) is 6.58. The van der Waals surface area contributed by atoms with Crippen LogP contribution >= 0.6 is 15.9 Å². The fourth-order valence-corrected chi connectivity index (χ4v) is 4.38. The Morgan fingerprint density at radius 2 is 1.95 bits per heavy atom. The minimum atomic E-state index is -0.511. The molecule has 2 aromatic heterocycles.